The van der Waals surface area contributed by atoms with Crippen molar-refractivity contribution >= 4 is 11.7 Å². The first kappa shape index (κ1) is 19.2. The van der Waals surface area contributed by atoms with E-state index in [1.807, 2.05) is 0 Å². The van der Waals surface area contributed by atoms with Crippen LogP contribution in [-0.2, 0) is 9.53 Å². The Morgan fingerprint density at radius 1 is 1.28 bits per heavy atom. The molecule has 1 aromatic carbocycles. The molecule has 1 aliphatic rings. The number of nitrogens with one attached hydrogen (secondary N) is 1. The summed E-state index contributed by atoms with van der Waals surface area (Å²) in [6, 6.07) is 5.14. The summed E-state index contributed by atoms with van der Waals surface area (Å²) >= 11 is 0. The molecule has 0 aliphatic carbocycles. The van der Waals surface area contributed by atoms with Gasteiger partial charge in [0.1, 0.15) is 0 Å². The monoisotopic (exact) mass is 350 g/mol. The van der Waals surface area contributed by atoms with Crippen molar-refractivity contribution in [1.29, 1.82) is 0 Å². The summed E-state index contributed by atoms with van der Waals surface area (Å²) in [5, 5.41) is 2.88. The molecule has 1 aromatic rings. The fourth-order valence-corrected chi connectivity index (χ4v) is 2.61. The van der Waals surface area contributed by atoms with Crippen molar-refractivity contribution in [3.63, 3.8) is 0 Å². The first-order valence-electron chi connectivity index (χ1n) is 8.41. The second-order valence-electron chi connectivity index (χ2n) is 6.01. The molecular weight excluding hydrogens is 324 g/mol. The lowest BCUT2D eigenvalue weighted by Gasteiger charge is -2.32. The molecule has 138 valence electrons. The largest absolute Gasteiger partial charge is 0.493 e. The zero-order valence-corrected chi connectivity index (χ0v) is 15.0. The zero-order chi connectivity index (χ0) is 18.2. The van der Waals surface area contributed by atoms with Crippen molar-refractivity contribution in [3.8, 4) is 11.5 Å². The molecule has 25 heavy (non-hydrogen) atoms. The SMILES string of the molecule is COc1cc(C(C)=O)ccc1OCC(=O)NCC(C)N1CCOCC1. The highest BCUT2D eigenvalue weighted by molar-refractivity contribution is 5.94. The molecule has 0 saturated carbocycles. The molecule has 1 unspecified atom stereocenters. The fourth-order valence-electron chi connectivity index (χ4n) is 2.61. The van der Waals surface area contributed by atoms with Crippen LogP contribution in [0.2, 0.25) is 0 Å². The smallest absolute Gasteiger partial charge is 0.257 e. The molecule has 7 heteroatoms. The van der Waals surface area contributed by atoms with Crippen LogP contribution in [-0.4, -0.2) is 69.2 Å². The Kier molecular flexibility index (Phi) is 7.21. The number of carbonyl (C=O) groups excluding carboxylic acids is 2. The number of hydrogen-bond acceptors (Lipinski definition) is 6. The number of ketones is 1. The van der Waals surface area contributed by atoms with Crippen LogP contribution in [0, 0.1) is 0 Å². The van der Waals surface area contributed by atoms with E-state index >= 15 is 0 Å². The van der Waals surface area contributed by atoms with Crippen molar-refractivity contribution < 1.29 is 23.8 Å². The molecule has 0 spiro atoms. The summed E-state index contributed by atoms with van der Waals surface area (Å²) in [6.45, 7) is 7.25. The number of morpholine rings is 1. The average molecular weight is 350 g/mol. The standard InChI is InChI=1S/C18H26N2O5/c1-13(20-6-8-24-9-7-20)11-19-18(22)12-25-16-5-4-15(14(2)21)10-17(16)23-3/h4-5,10,13H,6-9,11-12H2,1-3H3,(H,19,22). The predicted octanol–water partition coefficient (Wildman–Crippen LogP) is 1.11. The number of ether oxygens (including phenoxy) is 3. The van der Waals surface area contributed by atoms with Crippen LogP contribution in [0.1, 0.15) is 24.2 Å². The van der Waals surface area contributed by atoms with Gasteiger partial charge in [0, 0.05) is 31.2 Å². The highest BCUT2D eigenvalue weighted by atomic mass is 16.5. The number of amides is 1. The van der Waals surface area contributed by atoms with Crippen molar-refractivity contribution in [3.05, 3.63) is 23.8 Å². The Bertz CT molecular complexity index is 599. The molecule has 1 aliphatic heterocycles. The molecule has 0 radical (unpaired) electrons. The van der Waals surface area contributed by atoms with Gasteiger partial charge in [-0.2, -0.15) is 0 Å². The van der Waals surface area contributed by atoms with Gasteiger partial charge in [-0.1, -0.05) is 0 Å². The lowest BCUT2D eigenvalue weighted by atomic mass is 10.1. The summed E-state index contributed by atoms with van der Waals surface area (Å²) in [5.74, 6) is 0.614. The van der Waals surface area contributed by atoms with E-state index in [4.69, 9.17) is 14.2 Å². The quantitative estimate of drug-likeness (QED) is 0.708. The topological polar surface area (TPSA) is 77.1 Å². The molecule has 1 amide bonds. The van der Waals surface area contributed by atoms with E-state index < -0.39 is 0 Å². The van der Waals surface area contributed by atoms with Gasteiger partial charge in [0.15, 0.2) is 23.9 Å². The highest BCUT2D eigenvalue weighted by Crippen LogP contribution is 2.28. The van der Waals surface area contributed by atoms with Crippen LogP contribution in [0.4, 0.5) is 0 Å². The second kappa shape index (κ2) is 9.39. The third kappa shape index (κ3) is 5.72. The first-order valence-corrected chi connectivity index (χ1v) is 8.41. The third-order valence-corrected chi connectivity index (χ3v) is 4.19. The number of carbonyl (C=O) groups is 2. The molecule has 2 rings (SSSR count). The van der Waals surface area contributed by atoms with Crippen LogP contribution < -0.4 is 14.8 Å². The molecule has 1 atom stereocenters. The van der Waals surface area contributed by atoms with Gasteiger partial charge in [0.25, 0.3) is 5.91 Å². The van der Waals surface area contributed by atoms with Crippen LogP contribution >= 0.6 is 0 Å². The number of methoxy groups -OCH3 is 1. The minimum absolute atomic E-state index is 0.0558. The molecule has 1 N–H and O–H groups in total. The van der Waals surface area contributed by atoms with E-state index in [-0.39, 0.29) is 24.3 Å². The lowest BCUT2D eigenvalue weighted by Crippen LogP contribution is -2.47. The predicted molar refractivity (Wildman–Crippen MR) is 93.4 cm³/mol. The number of rotatable bonds is 8. The minimum Gasteiger partial charge on any atom is -0.493 e. The van der Waals surface area contributed by atoms with E-state index in [1.54, 1.807) is 18.2 Å². The summed E-state index contributed by atoms with van der Waals surface area (Å²) in [7, 11) is 1.50. The Balaban J connectivity index is 1.80. The van der Waals surface area contributed by atoms with Crippen LogP contribution in [0.5, 0.6) is 11.5 Å². The summed E-state index contributed by atoms with van der Waals surface area (Å²) < 4.78 is 16.1. The van der Waals surface area contributed by atoms with E-state index in [0.29, 0.717) is 23.6 Å². The van der Waals surface area contributed by atoms with Crippen molar-refractivity contribution in [1.82, 2.24) is 10.2 Å². The second-order valence-corrected chi connectivity index (χ2v) is 6.01. The van der Waals surface area contributed by atoms with Gasteiger partial charge in [-0.3, -0.25) is 14.5 Å². The van der Waals surface area contributed by atoms with Gasteiger partial charge in [-0.25, -0.2) is 0 Å². The van der Waals surface area contributed by atoms with E-state index in [9.17, 15) is 9.59 Å². The molecular formula is C18H26N2O5. The molecule has 1 heterocycles. The number of hydrogen-bond donors (Lipinski definition) is 1. The van der Waals surface area contributed by atoms with Gasteiger partial charge in [0.2, 0.25) is 0 Å². The lowest BCUT2D eigenvalue weighted by molar-refractivity contribution is -0.123. The van der Waals surface area contributed by atoms with Crippen molar-refractivity contribution in [2.24, 2.45) is 0 Å². The summed E-state index contributed by atoms with van der Waals surface area (Å²) in [4.78, 5) is 25.7. The van der Waals surface area contributed by atoms with Gasteiger partial charge < -0.3 is 19.5 Å². The summed E-state index contributed by atoms with van der Waals surface area (Å²) in [6.07, 6.45) is 0. The van der Waals surface area contributed by atoms with Crippen LogP contribution in [0.3, 0.4) is 0 Å². The van der Waals surface area contributed by atoms with Crippen LogP contribution in [0.15, 0.2) is 18.2 Å². The molecule has 0 aromatic heterocycles. The summed E-state index contributed by atoms with van der Waals surface area (Å²) in [5.41, 5.74) is 0.535. The maximum absolute atomic E-state index is 12.0. The molecule has 7 nitrogen and oxygen atoms in total. The molecule has 1 fully saturated rings. The average Bonchev–Trinajstić information content (AvgIpc) is 2.64. The number of nitrogens with zero attached hydrogens (tertiary/aromatic N) is 1. The molecule has 1 saturated heterocycles. The normalized spacial score (nSPS) is 16.1. The van der Waals surface area contributed by atoms with Gasteiger partial charge in [-0.05, 0) is 32.0 Å². The van der Waals surface area contributed by atoms with E-state index in [0.717, 1.165) is 26.3 Å². The van der Waals surface area contributed by atoms with Crippen molar-refractivity contribution in [2.45, 2.75) is 19.9 Å². The van der Waals surface area contributed by atoms with Gasteiger partial charge >= 0.3 is 0 Å². The van der Waals surface area contributed by atoms with Crippen LogP contribution in [0.25, 0.3) is 0 Å². The Morgan fingerprint density at radius 2 is 2.00 bits per heavy atom. The van der Waals surface area contributed by atoms with E-state index in [1.165, 1.54) is 14.0 Å². The van der Waals surface area contributed by atoms with Gasteiger partial charge in [-0.15, -0.1) is 0 Å². The first-order chi connectivity index (χ1) is 12.0. The minimum atomic E-state index is -0.196. The van der Waals surface area contributed by atoms with Crippen molar-refractivity contribution in [2.75, 3.05) is 46.6 Å². The maximum Gasteiger partial charge on any atom is 0.257 e. The highest BCUT2D eigenvalue weighted by Gasteiger charge is 2.17. The van der Waals surface area contributed by atoms with E-state index in [2.05, 4.69) is 17.1 Å². The van der Waals surface area contributed by atoms with Gasteiger partial charge in [0.05, 0.1) is 20.3 Å². The third-order valence-electron chi connectivity index (χ3n) is 4.19. The number of benzene rings is 1. The Hall–Kier alpha value is -2.12. The maximum atomic E-state index is 12.0. The molecule has 0 bridgehead atoms. The Labute approximate surface area is 148 Å². The fraction of sp³-hybridized carbons (Fsp3) is 0.556. The Morgan fingerprint density at radius 3 is 2.64 bits per heavy atom. The number of Topliss-reactive ketones (excluding diaryl/α,β-unsaturated/α-hetero) is 1. The zero-order valence-electron chi connectivity index (χ0n) is 15.0.